The van der Waals surface area contributed by atoms with Crippen LogP contribution in [0.3, 0.4) is 0 Å². The van der Waals surface area contributed by atoms with Crippen molar-refractivity contribution in [3.63, 3.8) is 0 Å². The van der Waals surface area contributed by atoms with Crippen molar-refractivity contribution < 1.29 is 14.3 Å². The lowest BCUT2D eigenvalue weighted by atomic mass is 10.2. The van der Waals surface area contributed by atoms with Gasteiger partial charge in [-0.25, -0.2) is 4.98 Å². The second kappa shape index (κ2) is 9.23. The number of hydrogen-bond donors (Lipinski definition) is 1. The van der Waals surface area contributed by atoms with Gasteiger partial charge in [0.05, 0.1) is 36.9 Å². The summed E-state index contributed by atoms with van der Waals surface area (Å²) >= 11 is 2.55. The van der Waals surface area contributed by atoms with Gasteiger partial charge in [-0.15, -0.1) is 11.3 Å². The van der Waals surface area contributed by atoms with Crippen LogP contribution in [-0.4, -0.2) is 35.4 Å². The number of amides is 1. The SMILES string of the molecule is COc1ccc(OC)c(NC(=O)CSc2nc3ccsc3c(=O)n2-c2ccccc2)c1. The fourth-order valence-corrected chi connectivity index (χ4v) is 4.59. The maximum atomic E-state index is 13.1. The average Bonchev–Trinajstić information content (AvgIpc) is 3.27. The Morgan fingerprint density at radius 2 is 1.94 bits per heavy atom. The van der Waals surface area contributed by atoms with E-state index < -0.39 is 0 Å². The van der Waals surface area contributed by atoms with E-state index in [1.165, 1.54) is 30.2 Å². The van der Waals surface area contributed by atoms with Crippen molar-refractivity contribution in [1.29, 1.82) is 0 Å². The number of methoxy groups -OCH3 is 2. The molecule has 2 aromatic heterocycles. The number of carbonyl (C=O) groups excluding carboxylic acids is 1. The molecule has 9 heteroatoms. The number of nitrogens with zero attached hydrogens (tertiary/aromatic N) is 2. The molecule has 1 N–H and O–H groups in total. The van der Waals surface area contributed by atoms with E-state index in [1.54, 1.807) is 29.9 Å². The van der Waals surface area contributed by atoms with Gasteiger partial charge < -0.3 is 14.8 Å². The molecule has 31 heavy (non-hydrogen) atoms. The molecule has 0 saturated carbocycles. The summed E-state index contributed by atoms with van der Waals surface area (Å²) in [4.78, 5) is 30.4. The van der Waals surface area contributed by atoms with Crippen LogP contribution in [0.25, 0.3) is 15.9 Å². The van der Waals surface area contributed by atoms with Crippen molar-refractivity contribution >= 4 is 44.9 Å². The number of hydrogen-bond acceptors (Lipinski definition) is 7. The summed E-state index contributed by atoms with van der Waals surface area (Å²) in [6.45, 7) is 0. The van der Waals surface area contributed by atoms with E-state index in [1.807, 2.05) is 41.8 Å². The highest BCUT2D eigenvalue weighted by molar-refractivity contribution is 7.99. The molecule has 1 amide bonds. The fraction of sp³-hybridized carbons (Fsp3) is 0.136. The van der Waals surface area contributed by atoms with Gasteiger partial charge in [0.2, 0.25) is 5.91 Å². The molecule has 0 saturated heterocycles. The van der Waals surface area contributed by atoms with Crippen LogP contribution in [0.1, 0.15) is 0 Å². The third-order valence-corrected chi connectivity index (χ3v) is 6.31. The van der Waals surface area contributed by atoms with Crippen molar-refractivity contribution in [2.75, 3.05) is 25.3 Å². The molecule has 0 fully saturated rings. The monoisotopic (exact) mass is 453 g/mol. The van der Waals surface area contributed by atoms with Crippen molar-refractivity contribution in [1.82, 2.24) is 9.55 Å². The first-order valence-corrected chi connectivity index (χ1v) is 11.2. The van der Waals surface area contributed by atoms with Gasteiger partial charge in [-0.3, -0.25) is 14.2 Å². The van der Waals surface area contributed by atoms with Gasteiger partial charge in [0.25, 0.3) is 5.56 Å². The lowest BCUT2D eigenvalue weighted by Crippen LogP contribution is -2.22. The van der Waals surface area contributed by atoms with Gasteiger partial charge in [0, 0.05) is 6.07 Å². The molecule has 2 heterocycles. The molecule has 0 aliphatic heterocycles. The Labute approximate surface area is 186 Å². The van der Waals surface area contributed by atoms with Gasteiger partial charge in [0.1, 0.15) is 16.2 Å². The summed E-state index contributed by atoms with van der Waals surface area (Å²) in [5, 5.41) is 5.13. The van der Waals surface area contributed by atoms with Crippen molar-refractivity contribution in [2.24, 2.45) is 0 Å². The molecule has 0 bridgehead atoms. The number of para-hydroxylation sites is 1. The first kappa shape index (κ1) is 21.0. The molecule has 0 unspecified atom stereocenters. The minimum atomic E-state index is -0.254. The quantitative estimate of drug-likeness (QED) is 0.334. The maximum absolute atomic E-state index is 13.1. The lowest BCUT2D eigenvalue weighted by Gasteiger charge is -2.13. The molecular weight excluding hydrogens is 434 g/mol. The number of fused-ring (bicyclic) bond motifs is 1. The summed E-state index contributed by atoms with van der Waals surface area (Å²) < 4.78 is 12.7. The van der Waals surface area contributed by atoms with Crippen LogP contribution in [0.2, 0.25) is 0 Å². The van der Waals surface area contributed by atoms with E-state index in [4.69, 9.17) is 9.47 Å². The van der Waals surface area contributed by atoms with Crippen LogP contribution in [0.15, 0.2) is 69.9 Å². The van der Waals surface area contributed by atoms with Gasteiger partial charge in [-0.05, 0) is 35.7 Å². The van der Waals surface area contributed by atoms with Crippen LogP contribution < -0.4 is 20.3 Å². The number of nitrogens with one attached hydrogen (secondary N) is 1. The van der Waals surface area contributed by atoms with Crippen molar-refractivity contribution in [3.05, 3.63) is 70.3 Å². The van der Waals surface area contributed by atoms with Gasteiger partial charge in [-0.1, -0.05) is 30.0 Å². The Bertz CT molecular complexity index is 1290. The molecule has 4 aromatic rings. The molecular formula is C22H19N3O4S2. The van der Waals surface area contributed by atoms with E-state index in [0.717, 1.165) is 0 Å². The zero-order chi connectivity index (χ0) is 21.8. The highest BCUT2D eigenvalue weighted by atomic mass is 32.2. The van der Waals surface area contributed by atoms with Crippen LogP contribution in [0.5, 0.6) is 11.5 Å². The van der Waals surface area contributed by atoms with E-state index in [9.17, 15) is 9.59 Å². The zero-order valence-corrected chi connectivity index (χ0v) is 18.5. The lowest BCUT2D eigenvalue weighted by molar-refractivity contribution is -0.113. The van der Waals surface area contributed by atoms with Gasteiger partial charge in [0.15, 0.2) is 5.16 Å². The molecule has 158 valence electrons. The molecule has 2 aromatic carbocycles. The van der Waals surface area contributed by atoms with E-state index in [-0.39, 0.29) is 17.2 Å². The Morgan fingerprint density at radius 1 is 1.13 bits per heavy atom. The van der Waals surface area contributed by atoms with E-state index in [2.05, 4.69) is 10.3 Å². The van der Waals surface area contributed by atoms with Crippen LogP contribution in [0, 0.1) is 0 Å². The average molecular weight is 454 g/mol. The number of thioether (sulfide) groups is 1. The van der Waals surface area contributed by atoms with E-state index in [0.29, 0.717) is 38.2 Å². The number of ether oxygens (including phenoxy) is 2. The first-order valence-electron chi connectivity index (χ1n) is 9.31. The predicted molar refractivity (Wildman–Crippen MR) is 124 cm³/mol. The standard InChI is InChI=1S/C22H19N3O4S2/c1-28-15-8-9-18(29-2)17(12-15)23-19(26)13-31-22-24-16-10-11-30-20(16)21(27)25(22)14-6-4-3-5-7-14/h3-12H,13H2,1-2H3,(H,23,26). The third-order valence-electron chi connectivity index (χ3n) is 4.48. The predicted octanol–water partition coefficient (Wildman–Crippen LogP) is 4.20. The minimum absolute atomic E-state index is 0.0648. The minimum Gasteiger partial charge on any atom is -0.497 e. The Morgan fingerprint density at radius 3 is 2.68 bits per heavy atom. The number of aromatic nitrogens is 2. The molecule has 0 atom stereocenters. The van der Waals surface area contributed by atoms with Crippen molar-refractivity contribution in [2.45, 2.75) is 5.16 Å². The summed E-state index contributed by atoms with van der Waals surface area (Å²) in [6, 6.07) is 16.3. The van der Waals surface area contributed by atoms with Gasteiger partial charge in [-0.2, -0.15) is 0 Å². The molecule has 7 nitrogen and oxygen atoms in total. The largest absolute Gasteiger partial charge is 0.497 e. The maximum Gasteiger partial charge on any atom is 0.276 e. The van der Waals surface area contributed by atoms with Crippen LogP contribution in [-0.2, 0) is 4.79 Å². The van der Waals surface area contributed by atoms with Crippen LogP contribution in [0.4, 0.5) is 5.69 Å². The summed E-state index contributed by atoms with van der Waals surface area (Å²) in [6.07, 6.45) is 0. The number of carbonyl (C=O) groups is 1. The molecule has 0 spiro atoms. The number of thiophene rings is 1. The molecule has 0 aliphatic carbocycles. The second-order valence-electron chi connectivity index (χ2n) is 6.41. The molecule has 0 radical (unpaired) electrons. The highest BCUT2D eigenvalue weighted by Gasteiger charge is 2.16. The van der Waals surface area contributed by atoms with Crippen molar-refractivity contribution in [3.8, 4) is 17.2 Å². The fourth-order valence-electron chi connectivity index (χ4n) is 3.02. The molecule has 0 aliphatic rings. The Kier molecular flexibility index (Phi) is 6.24. The number of benzene rings is 2. The highest BCUT2D eigenvalue weighted by Crippen LogP contribution is 2.29. The number of rotatable bonds is 7. The number of anilines is 1. The van der Waals surface area contributed by atoms with Crippen LogP contribution >= 0.6 is 23.1 Å². The topological polar surface area (TPSA) is 82.5 Å². The zero-order valence-electron chi connectivity index (χ0n) is 16.8. The first-order chi connectivity index (χ1) is 15.1. The normalized spacial score (nSPS) is 10.8. The summed E-state index contributed by atoms with van der Waals surface area (Å²) in [7, 11) is 3.09. The molecule has 4 rings (SSSR count). The Balaban J connectivity index is 1.61. The smallest absolute Gasteiger partial charge is 0.276 e. The summed E-state index contributed by atoms with van der Waals surface area (Å²) in [5.41, 5.74) is 1.69. The van der Waals surface area contributed by atoms with Gasteiger partial charge >= 0.3 is 0 Å². The third kappa shape index (κ3) is 4.42. The van der Waals surface area contributed by atoms with E-state index >= 15 is 0 Å². The second-order valence-corrected chi connectivity index (χ2v) is 8.27. The summed E-state index contributed by atoms with van der Waals surface area (Å²) in [5.74, 6) is 0.940. The Hall–Kier alpha value is -3.30.